The SMILES string of the molecule is O=C(Nc1cccnc1)c1cc[c]cc1. The average Bonchev–Trinajstić information content (AvgIpc) is 2.31. The normalized spacial score (nSPS) is 9.60. The summed E-state index contributed by atoms with van der Waals surface area (Å²) in [6, 6.07) is 13.3. The first-order valence-corrected chi connectivity index (χ1v) is 4.54. The quantitative estimate of drug-likeness (QED) is 0.801. The zero-order valence-electron chi connectivity index (χ0n) is 7.97. The van der Waals surface area contributed by atoms with Crippen LogP contribution in [0, 0.1) is 6.07 Å². The summed E-state index contributed by atoms with van der Waals surface area (Å²) in [5.41, 5.74) is 1.30. The van der Waals surface area contributed by atoms with Gasteiger partial charge in [0.25, 0.3) is 5.91 Å². The molecule has 1 aromatic carbocycles. The fraction of sp³-hybridized carbons (Fsp3) is 0. The van der Waals surface area contributed by atoms with Gasteiger partial charge >= 0.3 is 0 Å². The molecule has 0 saturated carbocycles. The van der Waals surface area contributed by atoms with Crippen molar-refractivity contribution in [1.82, 2.24) is 4.98 Å². The van der Waals surface area contributed by atoms with E-state index in [4.69, 9.17) is 0 Å². The molecule has 0 fully saturated rings. The van der Waals surface area contributed by atoms with E-state index in [2.05, 4.69) is 16.4 Å². The van der Waals surface area contributed by atoms with Gasteiger partial charge in [-0.05, 0) is 30.3 Å². The molecule has 73 valence electrons. The van der Waals surface area contributed by atoms with Crippen molar-refractivity contribution in [3.8, 4) is 0 Å². The first-order chi connectivity index (χ1) is 7.36. The maximum Gasteiger partial charge on any atom is 0.255 e. The first-order valence-electron chi connectivity index (χ1n) is 4.54. The summed E-state index contributed by atoms with van der Waals surface area (Å²) in [6.07, 6.45) is 3.26. The Bertz CT molecular complexity index is 440. The van der Waals surface area contributed by atoms with Crippen LogP contribution in [-0.4, -0.2) is 10.9 Å². The van der Waals surface area contributed by atoms with Crippen molar-refractivity contribution in [2.75, 3.05) is 5.32 Å². The highest BCUT2D eigenvalue weighted by Crippen LogP contribution is 2.06. The van der Waals surface area contributed by atoms with E-state index in [1.807, 2.05) is 0 Å². The molecular weight excluding hydrogens is 188 g/mol. The highest BCUT2D eigenvalue weighted by molar-refractivity contribution is 6.04. The molecule has 0 aliphatic carbocycles. The van der Waals surface area contributed by atoms with Gasteiger partial charge in [0.15, 0.2) is 0 Å². The fourth-order valence-electron chi connectivity index (χ4n) is 1.18. The number of benzene rings is 1. The van der Waals surface area contributed by atoms with Crippen LogP contribution in [0.5, 0.6) is 0 Å². The summed E-state index contributed by atoms with van der Waals surface area (Å²) in [6.45, 7) is 0. The number of amides is 1. The molecule has 3 heteroatoms. The van der Waals surface area contributed by atoms with Crippen molar-refractivity contribution in [3.05, 3.63) is 60.4 Å². The summed E-state index contributed by atoms with van der Waals surface area (Å²) in [5.74, 6) is -0.142. The van der Waals surface area contributed by atoms with Crippen LogP contribution in [0.2, 0.25) is 0 Å². The van der Waals surface area contributed by atoms with Gasteiger partial charge in [0, 0.05) is 11.8 Å². The Kier molecular flexibility index (Phi) is 2.74. The third-order valence-electron chi connectivity index (χ3n) is 1.90. The second-order valence-corrected chi connectivity index (χ2v) is 2.98. The van der Waals surface area contributed by atoms with Crippen molar-refractivity contribution in [1.29, 1.82) is 0 Å². The molecule has 0 saturated heterocycles. The highest BCUT2D eigenvalue weighted by Gasteiger charge is 2.03. The van der Waals surface area contributed by atoms with Gasteiger partial charge in [-0.15, -0.1) is 0 Å². The minimum atomic E-state index is -0.142. The first kappa shape index (κ1) is 9.40. The predicted molar refractivity (Wildman–Crippen MR) is 57.5 cm³/mol. The monoisotopic (exact) mass is 197 g/mol. The van der Waals surface area contributed by atoms with Gasteiger partial charge in [-0.25, -0.2) is 0 Å². The summed E-state index contributed by atoms with van der Waals surface area (Å²) in [5, 5.41) is 2.74. The minimum Gasteiger partial charge on any atom is -0.321 e. The molecule has 0 unspecified atom stereocenters. The van der Waals surface area contributed by atoms with Crippen molar-refractivity contribution in [2.45, 2.75) is 0 Å². The second kappa shape index (κ2) is 4.37. The molecule has 2 rings (SSSR count). The van der Waals surface area contributed by atoms with Crippen LogP contribution >= 0.6 is 0 Å². The summed E-state index contributed by atoms with van der Waals surface area (Å²) in [4.78, 5) is 15.6. The third-order valence-corrected chi connectivity index (χ3v) is 1.90. The summed E-state index contributed by atoms with van der Waals surface area (Å²) >= 11 is 0. The molecule has 1 radical (unpaired) electrons. The van der Waals surface area contributed by atoms with E-state index in [1.54, 1.807) is 48.8 Å². The van der Waals surface area contributed by atoms with Crippen molar-refractivity contribution in [2.24, 2.45) is 0 Å². The van der Waals surface area contributed by atoms with Crippen LogP contribution in [0.1, 0.15) is 10.4 Å². The lowest BCUT2D eigenvalue weighted by atomic mass is 10.2. The molecular formula is C12H9N2O. The molecule has 1 aromatic heterocycles. The molecule has 1 amide bonds. The van der Waals surface area contributed by atoms with Gasteiger partial charge in [-0.1, -0.05) is 12.1 Å². The third kappa shape index (κ3) is 2.40. The lowest BCUT2D eigenvalue weighted by Gasteiger charge is -2.03. The van der Waals surface area contributed by atoms with Crippen LogP contribution in [0.3, 0.4) is 0 Å². The average molecular weight is 197 g/mol. The number of nitrogens with one attached hydrogen (secondary N) is 1. The summed E-state index contributed by atoms with van der Waals surface area (Å²) < 4.78 is 0. The Morgan fingerprint density at radius 2 is 2.07 bits per heavy atom. The molecule has 15 heavy (non-hydrogen) atoms. The molecule has 0 bridgehead atoms. The Morgan fingerprint density at radius 3 is 2.73 bits per heavy atom. The number of hydrogen-bond acceptors (Lipinski definition) is 2. The second-order valence-electron chi connectivity index (χ2n) is 2.98. The Morgan fingerprint density at radius 1 is 1.27 bits per heavy atom. The molecule has 0 atom stereocenters. The topological polar surface area (TPSA) is 42.0 Å². The van der Waals surface area contributed by atoms with Crippen LogP contribution in [0.25, 0.3) is 0 Å². The van der Waals surface area contributed by atoms with E-state index >= 15 is 0 Å². The predicted octanol–water partition coefficient (Wildman–Crippen LogP) is 2.13. The number of nitrogens with zero attached hydrogens (tertiary/aromatic N) is 1. The van der Waals surface area contributed by atoms with Crippen molar-refractivity contribution in [3.63, 3.8) is 0 Å². The lowest BCUT2D eigenvalue weighted by Crippen LogP contribution is -2.11. The van der Waals surface area contributed by atoms with E-state index in [0.29, 0.717) is 11.3 Å². The van der Waals surface area contributed by atoms with Gasteiger partial charge in [-0.2, -0.15) is 0 Å². The minimum absolute atomic E-state index is 0.142. The number of aromatic nitrogens is 1. The van der Waals surface area contributed by atoms with E-state index in [0.717, 1.165) is 0 Å². The summed E-state index contributed by atoms with van der Waals surface area (Å²) in [7, 11) is 0. The molecule has 2 aromatic rings. The molecule has 0 aliphatic rings. The van der Waals surface area contributed by atoms with Gasteiger partial charge < -0.3 is 5.32 Å². The molecule has 0 spiro atoms. The number of pyridine rings is 1. The standard InChI is InChI=1S/C12H9N2O/c15-12(10-5-2-1-3-6-10)14-11-7-4-8-13-9-11/h2-9H,(H,14,15). The van der Waals surface area contributed by atoms with Crippen molar-refractivity contribution >= 4 is 11.6 Å². The number of rotatable bonds is 2. The van der Waals surface area contributed by atoms with Gasteiger partial charge in [0.2, 0.25) is 0 Å². The Balaban J connectivity index is 2.12. The van der Waals surface area contributed by atoms with E-state index < -0.39 is 0 Å². The Labute approximate surface area is 87.8 Å². The van der Waals surface area contributed by atoms with Gasteiger partial charge in [0.05, 0.1) is 11.9 Å². The Hall–Kier alpha value is -2.16. The molecule has 1 N–H and O–H groups in total. The van der Waals surface area contributed by atoms with Crippen LogP contribution in [0.4, 0.5) is 5.69 Å². The fourth-order valence-corrected chi connectivity index (χ4v) is 1.18. The van der Waals surface area contributed by atoms with E-state index in [1.165, 1.54) is 0 Å². The highest BCUT2D eigenvalue weighted by atomic mass is 16.1. The lowest BCUT2D eigenvalue weighted by molar-refractivity contribution is 0.102. The largest absolute Gasteiger partial charge is 0.321 e. The van der Waals surface area contributed by atoms with E-state index in [-0.39, 0.29) is 5.91 Å². The zero-order chi connectivity index (χ0) is 10.5. The maximum absolute atomic E-state index is 11.7. The number of hydrogen-bond donors (Lipinski definition) is 1. The van der Waals surface area contributed by atoms with Crippen LogP contribution < -0.4 is 5.32 Å². The van der Waals surface area contributed by atoms with Crippen molar-refractivity contribution < 1.29 is 4.79 Å². The van der Waals surface area contributed by atoms with Crippen LogP contribution in [0.15, 0.2) is 48.8 Å². The van der Waals surface area contributed by atoms with Crippen LogP contribution in [-0.2, 0) is 0 Å². The van der Waals surface area contributed by atoms with Gasteiger partial charge in [-0.3, -0.25) is 9.78 Å². The maximum atomic E-state index is 11.7. The van der Waals surface area contributed by atoms with E-state index in [9.17, 15) is 4.79 Å². The molecule has 3 nitrogen and oxygen atoms in total. The number of carbonyl (C=O) groups is 1. The molecule has 1 heterocycles. The van der Waals surface area contributed by atoms with Gasteiger partial charge in [0.1, 0.15) is 0 Å². The zero-order valence-corrected chi connectivity index (χ0v) is 7.97. The smallest absolute Gasteiger partial charge is 0.255 e. The number of anilines is 1. The number of carbonyl (C=O) groups excluding carboxylic acids is 1. The molecule has 0 aliphatic heterocycles.